The van der Waals surface area contributed by atoms with E-state index in [1.54, 1.807) is 32.1 Å². The highest BCUT2D eigenvalue weighted by atomic mass is 35.5. The van der Waals surface area contributed by atoms with Crippen molar-refractivity contribution in [1.29, 1.82) is 0 Å². The number of aryl methyl sites for hydroxylation is 1. The van der Waals surface area contributed by atoms with Gasteiger partial charge in [-0.1, -0.05) is 49.7 Å². The van der Waals surface area contributed by atoms with Crippen LogP contribution in [0.3, 0.4) is 0 Å². The Balaban J connectivity index is 2.17. The first-order valence-electron chi connectivity index (χ1n) is 10.8. The highest BCUT2D eigenvalue weighted by Crippen LogP contribution is 2.28. The monoisotopic (exact) mass is 460 g/mol. The molecule has 2 amide bonds. The highest BCUT2D eigenvalue weighted by molar-refractivity contribution is 6.31. The molecule has 0 aliphatic carbocycles. The smallest absolute Gasteiger partial charge is 0.242 e. The minimum atomic E-state index is -0.622. The van der Waals surface area contributed by atoms with Gasteiger partial charge < -0.3 is 19.7 Å². The van der Waals surface area contributed by atoms with Crippen molar-refractivity contribution in [3.05, 3.63) is 58.6 Å². The Kier molecular flexibility index (Phi) is 9.85. The Labute approximate surface area is 195 Å². The molecule has 0 aliphatic heterocycles. The topological polar surface area (TPSA) is 67.9 Å². The Morgan fingerprint density at radius 1 is 1.03 bits per heavy atom. The van der Waals surface area contributed by atoms with Crippen LogP contribution in [0.25, 0.3) is 0 Å². The predicted molar refractivity (Wildman–Crippen MR) is 127 cm³/mol. The molecule has 0 heterocycles. The Hall–Kier alpha value is -2.73. The Morgan fingerprint density at radius 3 is 2.34 bits per heavy atom. The molecule has 0 aliphatic rings. The molecule has 7 heteroatoms. The van der Waals surface area contributed by atoms with Gasteiger partial charge in [-0.2, -0.15) is 0 Å². The first-order chi connectivity index (χ1) is 15.3. The molecule has 0 saturated heterocycles. The first-order valence-corrected chi connectivity index (χ1v) is 11.2. The van der Waals surface area contributed by atoms with E-state index in [0.717, 1.165) is 11.1 Å². The van der Waals surface area contributed by atoms with Crippen LogP contribution in [-0.4, -0.2) is 43.5 Å². The maximum atomic E-state index is 13.2. The van der Waals surface area contributed by atoms with Crippen LogP contribution in [0.5, 0.6) is 11.5 Å². The number of carbonyl (C=O) groups excluding carboxylic acids is 2. The van der Waals surface area contributed by atoms with E-state index in [1.807, 2.05) is 50.2 Å². The van der Waals surface area contributed by atoms with Crippen molar-refractivity contribution in [2.45, 2.75) is 46.2 Å². The molecule has 2 aromatic rings. The molecule has 0 aromatic heterocycles. The van der Waals surface area contributed by atoms with Gasteiger partial charge in [0.05, 0.1) is 14.2 Å². The SMILES string of the molecule is COc1ccc(CCC(=O)N(Cc2ccccc2Cl)[C@H](C)C(=O)NCC(C)C)cc1OC. The molecule has 0 unspecified atom stereocenters. The minimum Gasteiger partial charge on any atom is -0.493 e. The van der Waals surface area contributed by atoms with E-state index in [-0.39, 0.29) is 24.8 Å². The van der Waals surface area contributed by atoms with E-state index in [9.17, 15) is 9.59 Å². The van der Waals surface area contributed by atoms with Gasteiger partial charge in [0.1, 0.15) is 6.04 Å². The molecule has 0 spiro atoms. The summed E-state index contributed by atoms with van der Waals surface area (Å²) in [5.41, 5.74) is 1.75. The van der Waals surface area contributed by atoms with E-state index in [4.69, 9.17) is 21.1 Å². The number of hydrogen-bond donors (Lipinski definition) is 1. The zero-order valence-corrected chi connectivity index (χ0v) is 20.2. The van der Waals surface area contributed by atoms with Crippen LogP contribution < -0.4 is 14.8 Å². The number of nitrogens with zero attached hydrogens (tertiary/aromatic N) is 1. The van der Waals surface area contributed by atoms with Crippen LogP contribution in [0.15, 0.2) is 42.5 Å². The fourth-order valence-electron chi connectivity index (χ4n) is 3.28. The van der Waals surface area contributed by atoms with E-state index in [1.165, 1.54) is 0 Å². The number of ether oxygens (including phenoxy) is 2. The summed E-state index contributed by atoms with van der Waals surface area (Å²) in [6, 6.07) is 12.3. The van der Waals surface area contributed by atoms with Gasteiger partial charge >= 0.3 is 0 Å². The fourth-order valence-corrected chi connectivity index (χ4v) is 3.47. The third-order valence-corrected chi connectivity index (χ3v) is 5.59. The Bertz CT molecular complexity index is 917. The lowest BCUT2D eigenvalue weighted by molar-refractivity contribution is -0.140. The Morgan fingerprint density at radius 2 is 1.72 bits per heavy atom. The van der Waals surface area contributed by atoms with Crippen LogP contribution in [0.1, 0.15) is 38.3 Å². The second-order valence-corrected chi connectivity index (χ2v) is 8.52. The first kappa shape index (κ1) is 25.5. The maximum Gasteiger partial charge on any atom is 0.242 e. The lowest BCUT2D eigenvalue weighted by Crippen LogP contribution is -2.48. The summed E-state index contributed by atoms with van der Waals surface area (Å²) in [7, 11) is 3.16. The number of methoxy groups -OCH3 is 2. The molecule has 6 nitrogen and oxygen atoms in total. The lowest BCUT2D eigenvalue weighted by Gasteiger charge is -2.29. The summed E-state index contributed by atoms with van der Waals surface area (Å²) in [5, 5.41) is 3.49. The van der Waals surface area contributed by atoms with Gasteiger partial charge in [-0.05, 0) is 48.6 Å². The summed E-state index contributed by atoms with van der Waals surface area (Å²) >= 11 is 6.33. The number of halogens is 1. The minimum absolute atomic E-state index is 0.119. The van der Waals surface area contributed by atoms with Crippen molar-refractivity contribution >= 4 is 23.4 Å². The third kappa shape index (κ3) is 7.16. The largest absolute Gasteiger partial charge is 0.493 e. The quantitative estimate of drug-likeness (QED) is 0.536. The van der Waals surface area contributed by atoms with Gasteiger partial charge in [0, 0.05) is 24.5 Å². The van der Waals surface area contributed by atoms with Crippen LogP contribution in [0.2, 0.25) is 5.02 Å². The van der Waals surface area contributed by atoms with Gasteiger partial charge in [0.15, 0.2) is 11.5 Å². The molecule has 0 saturated carbocycles. The maximum absolute atomic E-state index is 13.2. The number of amides is 2. The molecule has 0 radical (unpaired) electrons. The normalized spacial score (nSPS) is 11.7. The standard InChI is InChI=1S/C25H33ClN2O4/c1-17(2)15-27-25(30)18(3)28(16-20-8-6-7-9-21(20)26)24(29)13-11-19-10-12-22(31-4)23(14-19)32-5/h6-10,12,14,17-18H,11,13,15-16H2,1-5H3,(H,27,30)/t18-/m1/s1. The number of hydrogen-bond acceptors (Lipinski definition) is 4. The van der Waals surface area contributed by atoms with E-state index in [0.29, 0.717) is 35.4 Å². The molecule has 1 atom stereocenters. The second-order valence-electron chi connectivity index (χ2n) is 8.12. The summed E-state index contributed by atoms with van der Waals surface area (Å²) in [4.78, 5) is 27.6. The summed E-state index contributed by atoms with van der Waals surface area (Å²) in [6.07, 6.45) is 0.764. The van der Waals surface area contributed by atoms with Crippen LogP contribution >= 0.6 is 11.6 Å². The third-order valence-electron chi connectivity index (χ3n) is 5.23. The van der Waals surface area contributed by atoms with Crippen LogP contribution in [0.4, 0.5) is 0 Å². The van der Waals surface area contributed by atoms with E-state index in [2.05, 4.69) is 5.32 Å². The zero-order chi connectivity index (χ0) is 23.7. The number of nitrogens with one attached hydrogen (secondary N) is 1. The van der Waals surface area contributed by atoms with Crippen molar-refractivity contribution < 1.29 is 19.1 Å². The van der Waals surface area contributed by atoms with Gasteiger partial charge in [-0.3, -0.25) is 9.59 Å². The molecular formula is C25H33ClN2O4. The van der Waals surface area contributed by atoms with Gasteiger partial charge in [0.25, 0.3) is 0 Å². The van der Waals surface area contributed by atoms with Crippen LogP contribution in [-0.2, 0) is 22.6 Å². The predicted octanol–water partition coefficient (Wildman–Crippen LogP) is 4.48. The van der Waals surface area contributed by atoms with Crippen molar-refractivity contribution in [2.75, 3.05) is 20.8 Å². The van der Waals surface area contributed by atoms with Crippen molar-refractivity contribution in [3.8, 4) is 11.5 Å². The number of rotatable bonds is 11. The lowest BCUT2D eigenvalue weighted by atomic mass is 10.1. The fraction of sp³-hybridized carbons (Fsp3) is 0.440. The molecule has 174 valence electrons. The molecule has 0 bridgehead atoms. The number of carbonyl (C=O) groups is 2. The molecule has 0 fully saturated rings. The van der Waals surface area contributed by atoms with Crippen LogP contribution in [0, 0.1) is 5.92 Å². The van der Waals surface area contributed by atoms with Gasteiger partial charge in [0.2, 0.25) is 11.8 Å². The number of benzene rings is 2. The molecule has 1 N–H and O–H groups in total. The van der Waals surface area contributed by atoms with Gasteiger partial charge in [-0.15, -0.1) is 0 Å². The zero-order valence-electron chi connectivity index (χ0n) is 19.5. The van der Waals surface area contributed by atoms with E-state index < -0.39 is 6.04 Å². The van der Waals surface area contributed by atoms with Crippen molar-refractivity contribution in [3.63, 3.8) is 0 Å². The summed E-state index contributed by atoms with van der Waals surface area (Å²) in [6.45, 7) is 6.63. The van der Waals surface area contributed by atoms with Gasteiger partial charge in [-0.25, -0.2) is 0 Å². The molecule has 32 heavy (non-hydrogen) atoms. The second kappa shape index (κ2) is 12.3. The van der Waals surface area contributed by atoms with Crippen molar-refractivity contribution in [1.82, 2.24) is 10.2 Å². The summed E-state index contributed by atoms with van der Waals surface area (Å²) < 4.78 is 10.6. The van der Waals surface area contributed by atoms with Crippen molar-refractivity contribution in [2.24, 2.45) is 5.92 Å². The summed E-state index contributed by atoms with van der Waals surface area (Å²) in [5.74, 6) is 1.28. The highest BCUT2D eigenvalue weighted by Gasteiger charge is 2.26. The molecular weight excluding hydrogens is 428 g/mol. The average Bonchev–Trinajstić information content (AvgIpc) is 2.79. The molecule has 2 rings (SSSR count). The molecule has 2 aromatic carbocycles. The van der Waals surface area contributed by atoms with E-state index >= 15 is 0 Å². The average molecular weight is 461 g/mol.